The van der Waals surface area contributed by atoms with Gasteiger partial charge in [-0.05, 0) is 43.0 Å². The number of aromatic nitrogens is 2. The van der Waals surface area contributed by atoms with Crippen molar-refractivity contribution in [2.45, 2.75) is 19.5 Å². The number of likely N-dealkylation sites (tertiary alicyclic amines) is 1. The van der Waals surface area contributed by atoms with Crippen molar-refractivity contribution < 1.29 is 22.5 Å². The molecule has 0 N–H and O–H groups in total. The van der Waals surface area contributed by atoms with Gasteiger partial charge in [0.25, 0.3) is 11.6 Å². The molecule has 0 saturated carbocycles. The Morgan fingerprint density at radius 3 is 2.58 bits per heavy atom. The number of pyridine rings is 1. The van der Waals surface area contributed by atoms with Gasteiger partial charge in [0.05, 0.1) is 27.9 Å². The number of alkyl halides is 3. The quantitative estimate of drug-likeness (QED) is 0.409. The van der Waals surface area contributed by atoms with Crippen molar-refractivity contribution in [3.05, 3.63) is 83.0 Å². The second-order valence-electron chi connectivity index (χ2n) is 8.35. The second-order valence-corrected chi connectivity index (χ2v) is 8.35. The van der Waals surface area contributed by atoms with Crippen molar-refractivity contribution >= 4 is 17.0 Å². The Hall–Kier alpha value is -3.68. The van der Waals surface area contributed by atoms with E-state index in [1.165, 1.54) is 23.8 Å². The number of carbonyl (C=O) groups is 1. The average molecular weight is 451 g/mol. The Morgan fingerprint density at radius 1 is 1.09 bits per heavy atom. The largest absolute Gasteiger partial charge is 0.416 e. The van der Waals surface area contributed by atoms with Crippen LogP contribution in [0.2, 0.25) is 0 Å². The molecule has 2 aromatic heterocycles. The predicted molar refractivity (Wildman–Crippen MR) is 117 cm³/mol. The highest BCUT2D eigenvalue weighted by Gasteiger charge is 2.34. The summed E-state index contributed by atoms with van der Waals surface area (Å²) in [5.41, 5.74) is 1.90. The minimum atomic E-state index is -4.48. The lowest BCUT2D eigenvalue weighted by Gasteiger charge is -2.39. The zero-order valence-electron chi connectivity index (χ0n) is 17.8. The number of halogens is 3. The lowest BCUT2D eigenvalue weighted by atomic mass is 9.91. The van der Waals surface area contributed by atoms with Crippen molar-refractivity contribution in [3.8, 4) is 11.3 Å². The minimum Gasteiger partial charge on any atom is -0.338 e. The third kappa shape index (κ3) is 4.08. The summed E-state index contributed by atoms with van der Waals surface area (Å²) in [6.07, 6.45) is -3.59. The number of fused-ring (bicyclic) bond motifs is 1. The molecule has 1 aliphatic heterocycles. The summed E-state index contributed by atoms with van der Waals surface area (Å²) < 4.78 is 44.8. The number of hydrogen-bond acceptors (Lipinski definition) is 4. The maximum absolute atomic E-state index is 13.3. The fourth-order valence-corrected chi connectivity index (χ4v) is 4.25. The van der Waals surface area contributed by atoms with Gasteiger partial charge in [0.15, 0.2) is 0 Å². The van der Waals surface area contributed by atoms with Crippen LogP contribution in [0.25, 0.3) is 22.4 Å². The van der Waals surface area contributed by atoms with E-state index >= 15 is 0 Å². The molecule has 0 spiro atoms. The molecule has 3 heterocycles. The molecule has 5 rings (SSSR count). The number of aryl methyl sites for hydroxylation is 1. The lowest BCUT2D eigenvalue weighted by Crippen LogP contribution is -2.50. The van der Waals surface area contributed by atoms with Crippen molar-refractivity contribution in [1.29, 1.82) is 0 Å². The van der Waals surface area contributed by atoms with E-state index < -0.39 is 11.7 Å². The number of amides is 1. The van der Waals surface area contributed by atoms with Gasteiger partial charge in [0, 0.05) is 18.7 Å². The molecule has 0 unspecified atom stereocenters. The smallest absolute Gasteiger partial charge is 0.338 e. The van der Waals surface area contributed by atoms with E-state index in [1.807, 2.05) is 18.2 Å². The average Bonchev–Trinajstić information content (AvgIpc) is 3.16. The van der Waals surface area contributed by atoms with E-state index in [0.29, 0.717) is 35.7 Å². The Labute approximate surface area is 187 Å². The van der Waals surface area contributed by atoms with Crippen LogP contribution in [0.4, 0.5) is 13.2 Å². The highest BCUT2D eigenvalue weighted by molar-refractivity contribution is 6.07. The molecule has 4 aromatic rings. The molecule has 0 aliphatic carbocycles. The molecule has 1 aliphatic rings. The molecule has 33 heavy (non-hydrogen) atoms. The van der Waals surface area contributed by atoms with E-state index in [2.05, 4.69) is 22.3 Å². The lowest BCUT2D eigenvalue weighted by molar-refractivity contribution is -0.137. The number of hydrogen-bond donors (Lipinski definition) is 0. The summed E-state index contributed by atoms with van der Waals surface area (Å²) in [6.45, 7) is 2.93. The van der Waals surface area contributed by atoms with Crippen molar-refractivity contribution in [1.82, 2.24) is 15.0 Å². The van der Waals surface area contributed by atoms with Crippen LogP contribution in [-0.2, 0) is 12.6 Å². The Bertz CT molecular complexity index is 1330. The van der Waals surface area contributed by atoms with Gasteiger partial charge in [-0.1, -0.05) is 47.6 Å². The maximum Gasteiger partial charge on any atom is 0.416 e. The summed E-state index contributed by atoms with van der Waals surface area (Å²) in [5, 5.41) is 4.40. The fourth-order valence-electron chi connectivity index (χ4n) is 4.25. The van der Waals surface area contributed by atoms with Gasteiger partial charge >= 0.3 is 6.18 Å². The molecule has 0 bridgehead atoms. The normalized spacial score (nSPS) is 14.5. The number of carbonyl (C=O) groups excluding carboxylic acids is 1. The summed E-state index contributed by atoms with van der Waals surface area (Å²) in [6, 6.07) is 16.5. The van der Waals surface area contributed by atoms with E-state index in [0.717, 1.165) is 18.6 Å². The highest BCUT2D eigenvalue weighted by atomic mass is 19.4. The zero-order chi connectivity index (χ0) is 23.2. The summed E-state index contributed by atoms with van der Waals surface area (Å²) >= 11 is 0. The molecule has 2 aromatic carbocycles. The van der Waals surface area contributed by atoms with Gasteiger partial charge in [0.1, 0.15) is 0 Å². The SMILES string of the molecule is Cc1noc2nc(-c3cccc(C(F)(F)F)c3)cc(C(=O)N3CC(Cc4ccccc4)C3)c12. The Kier molecular flexibility index (Phi) is 5.15. The standard InChI is InChI=1S/C25H20F3N3O2/c1-15-22-20(24(32)31-13-17(14-31)10-16-6-3-2-4-7-16)12-21(29-23(22)33-30-15)18-8-5-9-19(11-18)25(26,27)28/h2-9,11-12,17H,10,13-14H2,1H3. The van der Waals surface area contributed by atoms with E-state index in [1.54, 1.807) is 11.8 Å². The first kappa shape index (κ1) is 21.2. The van der Waals surface area contributed by atoms with Crippen LogP contribution in [0.3, 0.4) is 0 Å². The van der Waals surface area contributed by atoms with Crippen LogP contribution >= 0.6 is 0 Å². The van der Waals surface area contributed by atoms with Crippen molar-refractivity contribution in [3.63, 3.8) is 0 Å². The molecule has 8 heteroatoms. The van der Waals surface area contributed by atoms with Gasteiger partial charge in [-0.25, -0.2) is 4.98 Å². The molecule has 168 valence electrons. The summed E-state index contributed by atoms with van der Waals surface area (Å²) in [5.74, 6) is 0.159. The van der Waals surface area contributed by atoms with Crippen molar-refractivity contribution in [2.75, 3.05) is 13.1 Å². The molecule has 1 fully saturated rings. The zero-order valence-corrected chi connectivity index (χ0v) is 17.8. The molecular weight excluding hydrogens is 431 g/mol. The fraction of sp³-hybridized carbons (Fsp3) is 0.240. The molecular formula is C25H20F3N3O2. The van der Waals surface area contributed by atoms with E-state index in [4.69, 9.17) is 4.52 Å². The van der Waals surface area contributed by atoms with Crippen LogP contribution in [0.1, 0.15) is 27.2 Å². The van der Waals surface area contributed by atoms with Gasteiger partial charge in [-0.2, -0.15) is 13.2 Å². The van der Waals surface area contributed by atoms with Gasteiger partial charge in [-0.3, -0.25) is 4.79 Å². The molecule has 0 radical (unpaired) electrons. The summed E-state index contributed by atoms with van der Waals surface area (Å²) in [7, 11) is 0. The maximum atomic E-state index is 13.3. The monoisotopic (exact) mass is 451 g/mol. The molecule has 0 atom stereocenters. The first-order valence-corrected chi connectivity index (χ1v) is 10.6. The number of nitrogens with zero attached hydrogens (tertiary/aromatic N) is 3. The first-order chi connectivity index (χ1) is 15.8. The molecule has 1 saturated heterocycles. The van der Waals surface area contributed by atoms with Crippen molar-refractivity contribution in [2.24, 2.45) is 5.92 Å². The van der Waals surface area contributed by atoms with Crippen LogP contribution in [0.15, 0.2) is 65.2 Å². The molecule has 1 amide bonds. The van der Waals surface area contributed by atoms with E-state index in [-0.39, 0.29) is 22.9 Å². The van der Waals surface area contributed by atoms with Crippen LogP contribution in [0.5, 0.6) is 0 Å². The third-order valence-electron chi connectivity index (χ3n) is 5.94. The topological polar surface area (TPSA) is 59.2 Å². The first-order valence-electron chi connectivity index (χ1n) is 10.6. The van der Waals surface area contributed by atoms with Gasteiger partial charge in [0.2, 0.25) is 0 Å². The summed E-state index contributed by atoms with van der Waals surface area (Å²) in [4.78, 5) is 19.4. The van der Waals surface area contributed by atoms with Crippen LogP contribution in [-0.4, -0.2) is 34.0 Å². The minimum absolute atomic E-state index is 0.132. The number of rotatable bonds is 4. The molecule has 5 nitrogen and oxygen atoms in total. The third-order valence-corrected chi connectivity index (χ3v) is 5.94. The van der Waals surface area contributed by atoms with Crippen LogP contribution < -0.4 is 0 Å². The second kappa shape index (κ2) is 8.03. The highest BCUT2D eigenvalue weighted by Crippen LogP contribution is 2.34. The van der Waals surface area contributed by atoms with Crippen LogP contribution in [0, 0.1) is 12.8 Å². The Morgan fingerprint density at radius 2 is 1.85 bits per heavy atom. The van der Waals surface area contributed by atoms with E-state index in [9.17, 15) is 18.0 Å². The Balaban J connectivity index is 1.45. The van der Waals surface area contributed by atoms with Gasteiger partial charge < -0.3 is 9.42 Å². The van der Waals surface area contributed by atoms with Gasteiger partial charge in [-0.15, -0.1) is 0 Å². The number of benzene rings is 2. The predicted octanol–water partition coefficient (Wildman–Crippen LogP) is 5.53.